The van der Waals surface area contributed by atoms with E-state index in [-0.39, 0.29) is 0 Å². The van der Waals surface area contributed by atoms with Gasteiger partial charge in [-0.1, -0.05) is 6.92 Å². The third kappa shape index (κ3) is 3.42. The molecular formula is C13H22N2O. The number of anilines is 1. The van der Waals surface area contributed by atoms with Crippen molar-refractivity contribution in [1.29, 1.82) is 0 Å². The number of benzene rings is 1. The Morgan fingerprint density at radius 3 is 2.69 bits per heavy atom. The number of hydrogen-bond donors (Lipinski definition) is 1. The fourth-order valence-electron chi connectivity index (χ4n) is 1.65. The number of methoxy groups -OCH3 is 1. The highest BCUT2D eigenvalue weighted by Gasteiger charge is 2.03. The summed E-state index contributed by atoms with van der Waals surface area (Å²) in [5, 5.41) is 3.32. The molecule has 16 heavy (non-hydrogen) atoms. The fraction of sp³-hybridized carbons (Fsp3) is 0.538. The van der Waals surface area contributed by atoms with Gasteiger partial charge in [0, 0.05) is 25.8 Å². The van der Waals surface area contributed by atoms with E-state index in [0.717, 1.165) is 25.4 Å². The van der Waals surface area contributed by atoms with Gasteiger partial charge in [0.2, 0.25) is 0 Å². The molecule has 1 rings (SSSR count). The van der Waals surface area contributed by atoms with E-state index in [2.05, 4.69) is 43.2 Å². The van der Waals surface area contributed by atoms with Crippen LogP contribution in [0.2, 0.25) is 0 Å². The predicted octanol–water partition coefficient (Wildman–Crippen LogP) is 2.05. The normalized spacial score (nSPS) is 10.2. The molecule has 0 bridgehead atoms. The highest BCUT2D eigenvalue weighted by atomic mass is 16.5. The standard InChI is InChI=1S/C13H22N2O/c1-5-14-8-9-15(3)12-6-7-13(16-4)11(2)10-12/h6-7,10,14H,5,8-9H2,1-4H3. The van der Waals surface area contributed by atoms with Gasteiger partial charge in [-0.25, -0.2) is 0 Å². The van der Waals surface area contributed by atoms with E-state index in [4.69, 9.17) is 4.74 Å². The number of aryl methyl sites for hydroxylation is 1. The Kier molecular flexibility index (Phi) is 5.12. The maximum atomic E-state index is 5.25. The SMILES string of the molecule is CCNCCN(C)c1ccc(OC)c(C)c1. The number of likely N-dealkylation sites (N-methyl/N-ethyl adjacent to an activating group) is 2. The van der Waals surface area contributed by atoms with E-state index in [9.17, 15) is 0 Å². The predicted molar refractivity (Wildman–Crippen MR) is 69.5 cm³/mol. The summed E-state index contributed by atoms with van der Waals surface area (Å²) >= 11 is 0. The number of hydrogen-bond acceptors (Lipinski definition) is 3. The second-order valence-corrected chi connectivity index (χ2v) is 3.93. The Morgan fingerprint density at radius 1 is 1.38 bits per heavy atom. The molecule has 0 amide bonds. The summed E-state index contributed by atoms with van der Waals surface area (Å²) in [7, 11) is 3.81. The lowest BCUT2D eigenvalue weighted by atomic mass is 10.2. The maximum Gasteiger partial charge on any atom is 0.121 e. The van der Waals surface area contributed by atoms with Gasteiger partial charge in [-0.2, -0.15) is 0 Å². The molecule has 0 aliphatic rings. The molecule has 3 heteroatoms. The average molecular weight is 222 g/mol. The van der Waals surface area contributed by atoms with Gasteiger partial charge in [0.05, 0.1) is 7.11 Å². The molecule has 0 saturated heterocycles. The van der Waals surface area contributed by atoms with Crippen molar-refractivity contribution < 1.29 is 4.74 Å². The minimum Gasteiger partial charge on any atom is -0.496 e. The quantitative estimate of drug-likeness (QED) is 0.746. The van der Waals surface area contributed by atoms with Crippen LogP contribution in [0.15, 0.2) is 18.2 Å². The first-order valence-corrected chi connectivity index (χ1v) is 5.75. The lowest BCUT2D eigenvalue weighted by Crippen LogP contribution is -2.28. The fourth-order valence-corrected chi connectivity index (χ4v) is 1.65. The van der Waals surface area contributed by atoms with Gasteiger partial charge in [0.1, 0.15) is 5.75 Å². The topological polar surface area (TPSA) is 24.5 Å². The van der Waals surface area contributed by atoms with Crippen molar-refractivity contribution in [3.8, 4) is 5.75 Å². The molecule has 0 fully saturated rings. The minimum absolute atomic E-state index is 0.948. The highest BCUT2D eigenvalue weighted by molar-refractivity contribution is 5.52. The van der Waals surface area contributed by atoms with E-state index in [1.165, 1.54) is 11.3 Å². The van der Waals surface area contributed by atoms with Gasteiger partial charge in [0.25, 0.3) is 0 Å². The summed E-state index contributed by atoms with van der Waals surface area (Å²) in [6.45, 7) is 7.24. The van der Waals surface area contributed by atoms with Gasteiger partial charge in [0.15, 0.2) is 0 Å². The molecule has 0 aliphatic carbocycles. The Hall–Kier alpha value is -1.22. The van der Waals surface area contributed by atoms with Crippen molar-refractivity contribution in [2.24, 2.45) is 0 Å². The van der Waals surface area contributed by atoms with Crippen molar-refractivity contribution in [2.45, 2.75) is 13.8 Å². The summed E-state index contributed by atoms with van der Waals surface area (Å²) in [6.07, 6.45) is 0. The maximum absolute atomic E-state index is 5.25. The third-order valence-corrected chi connectivity index (χ3v) is 2.69. The summed E-state index contributed by atoms with van der Waals surface area (Å²) in [5.41, 5.74) is 2.41. The summed E-state index contributed by atoms with van der Waals surface area (Å²) in [4.78, 5) is 2.25. The molecule has 0 saturated carbocycles. The smallest absolute Gasteiger partial charge is 0.121 e. The lowest BCUT2D eigenvalue weighted by molar-refractivity contribution is 0.411. The molecule has 0 heterocycles. The zero-order valence-electron chi connectivity index (χ0n) is 10.7. The number of nitrogens with zero attached hydrogens (tertiary/aromatic N) is 1. The summed E-state index contributed by atoms with van der Waals surface area (Å²) in [5.74, 6) is 0.948. The van der Waals surface area contributed by atoms with Crippen LogP contribution in [0, 0.1) is 6.92 Å². The monoisotopic (exact) mass is 222 g/mol. The molecule has 1 aromatic rings. The van der Waals surface area contributed by atoms with Crippen LogP contribution in [-0.2, 0) is 0 Å². The Morgan fingerprint density at radius 2 is 2.12 bits per heavy atom. The molecule has 0 unspecified atom stereocenters. The van der Waals surface area contributed by atoms with Crippen molar-refractivity contribution in [2.75, 3.05) is 38.7 Å². The van der Waals surface area contributed by atoms with E-state index in [0.29, 0.717) is 0 Å². The first kappa shape index (κ1) is 12.8. The van der Waals surface area contributed by atoms with E-state index >= 15 is 0 Å². The number of rotatable bonds is 6. The number of nitrogens with one attached hydrogen (secondary N) is 1. The van der Waals surface area contributed by atoms with Gasteiger partial charge in [-0.05, 0) is 37.2 Å². The van der Waals surface area contributed by atoms with E-state index in [1.54, 1.807) is 7.11 Å². The molecule has 0 radical (unpaired) electrons. The van der Waals surface area contributed by atoms with Crippen LogP contribution < -0.4 is 15.0 Å². The van der Waals surface area contributed by atoms with Gasteiger partial charge >= 0.3 is 0 Å². The largest absolute Gasteiger partial charge is 0.496 e. The van der Waals surface area contributed by atoms with Crippen LogP contribution in [0.5, 0.6) is 5.75 Å². The summed E-state index contributed by atoms with van der Waals surface area (Å²) < 4.78 is 5.25. The van der Waals surface area contributed by atoms with Crippen LogP contribution in [-0.4, -0.2) is 33.8 Å². The lowest BCUT2D eigenvalue weighted by Gasteiger charge is -2.20. The highest BCUT2D eigenvalue weighted by Crippen LogP contribution is 2.23. The first-order chi connectivity index (χ1) is 7.69. The molecular weight excluding hydrogens is 200 g/mol. The Bertz CT molecular complexity index is 326. The zero-order valence-corrected chi connectivity index (χ0v) is 10.7. The van der Waals surface area contributed by atoms with E-state index < -0.39 is 0 Å². The molecule has 90 valence electrons. The molecule has 3 nitrogen and oxygen atoms in total. The van der Waals surface area contributed by atoms with Crippen LogP contribution in [0.25, 0.3) is 0 Å². The first-order valence-electron chi connectivity index (χ1n) is 5.75. The number of ether oxygens (including phenoxy) is 1. The van der Waals surface area contributed by atoms with Crippen molar-refractivity contribution in [3.63, 3.8) is 0 Å². The van der Waals surface area contributed by atoms with Crippen molar-refractivity contribution in [1.82, 2.24) is 5.32 Å². The summed E-state index contributed by atoms with van der Waals surface area (Å²) in [6, 6.07) is 6.27. The molecule has 1 aromatic carbocycles. The second kappa shape index (κ2) is 6.38. The van der Waals surface area contributed by atoms with Gasteiger partial charge in [-0.3, -0.25) is 0 Å². The van der Waals surface area contributed by atoms with Crippen LogP contribution in [0.4, 0.5) is 5.69 Å². The molecule has 0 spiro atoms. The zero-order chi connectivity index (χ0) is 12.0. The van der Waals surface area contributed by atoms with Crippen molar-refractivity contribution in [3.05, 3.63) is 23.8 Å². The van der Waals surface area contributed by atoms with Gasteiger partial charge < -0.3 is 15.0 Å². The van der Waals surface area contributed by atoms with Crippen LogP contribution in [0.1, 0.15) is 12.5 Å². The van der Waals surface area contributed by atoms with Crippen molar-refractivity contribution >= 4 is 5.69 Å². The molecule has 0 aromatic heterocycles. The Labute approximate surface area is 98.4 Å². The van der Waals surface area contributed by atoms with Crippen LogP contribution >= 0.6 is 0 Å². The Balaban J connectivity index is 2.62. The average Bonchev–Trinajstić information content (AvgIpc) is 2.29. The van der Waals surface area contributed by atoms with Crippen LogP contribution in [0.3, 0.4) is 0 Å². The third-order valence-electron chi connectivity index (χ3n) is 2.69. The molecule has 0 atom stereocenters. The molecule has 0 aliphatic heterocycles. The molecule has 1 N–H and O–H groups in total. The van der Waals surface area contributed by atoms with Gasteiger partial charge in [-0.15, -0.1) is 0 Å². The second-order valence-electron chi connectivity index (χ2n) is 3.93. The van der Waals surface area contributed by atoms with E-state index in [1.807, 2.05) is 6.07 Å². The minimum atomic E-state index is 0.948.